The molecule has 0 aromatic heterocycles. The van der Waals surface area contributed by atoms with Crippen molar-refractivity contribution in [2.75, 3.05) is 10.8 Å². The van der Waals surface area contributed by atoms with E-state index in [2.05, 4.69) is 21.2 Å². The Kier molecular flexibility index (Phi) is 10.0. The molecule has 0 heterocycles. The monoisotopic (exact) mass is 639 g/mol. The van der Waals surface area contributed by atoms with Crippen molar-refractivity contribution in [2.45, 2.75) is 50.5 Å². The minimum Gasteiger partial charge on any atom is -0.352 e. The number of anilines is 1. The van der Waals surface area contributed by atoms with E-state index < -0.39 is 46.2 Å². The van der Waals surface area contributed by atoms with Gasteiger partial charge in [-0.3, -0.25) is 13.9 Å². The first-order valence-corrected chi connectivity index (χ1v) is 14.5. The number of carbonyl (C=O) groups is 2. The Labute approximate surface area is 240 Å². The summed E-state index contributed by atoms with van der Waals surface area (Å²) in [6.07, 6.45) is -4.74. The highest BCUT2D eigenvalue weighted by Crippen LogP contribution is 2.33. The van der Waals surface area contributed by atoms with Gasteiger partial charge in [-0.25, -0.2) is 8.42 Å². The Morgan fingerprint density at radius 2 is 1.57 bits per heavy atom. The first kappa shape index (κ1) is 31.2. The van der Waals surface area contributed by atoms with Gasteiger partial charge in [0.05, 0.1) is 16.1 Å². The van der Waals surface area contributed by atoms with Crippen molar-refractivity contribution in [3.8, 4) is 0 Å². The molecule has 0 spiro atoms. The summed E-state index contributed by atoms with van der Waals surface area (Å²) in [5, 5.41) is 2.74. The van der Waals surface area contributed by atoms with Crippen LogP contribution in [-0.2, 0) is 32.3 Å². The van der Waals surface area contributed by atoms with Gasteiger partial charge in [0.2, 0.25) is 11.8 Å². The summed E-state index contributed by atoms with van der Waals surface area (Å²) >= 11 is 3.37. The molecule has 0 saturated carbocycles. The predicted octanol–water partition coefficient (Wildman–Crippen LogP) is 5.61. The minimum absolute atomic E-state index is 0.0488. The van der Waals surface area contributed by atoms with Crippen LogP contribution >= 0.6 is 15.9 Å². The Morgan fingerprint density at radius 1 is 0.925 bits per heavy atom. The number of sulfonamides is 1. The third kappa shape index (κ3) is 7.85. The quantitative estimate of drug-likeness (QED) is 0.313. The average Bonchev–Trinajstić information content (AvgIpc) is 2.89. The molecule has 0 fully saturated rings. The Hall–Kier alpha value is -3.38. The van der Waals surface area contributed by atoms with Gasteiger partial charge in [-0.05, 0) is 68.8 Å². The van der Waals surface area contributed by atoms with Crippen LogP contribution in [0.4, 0.5) is 18.9 Å². The van der Waals surface area contributed by atoms with Crippen LogP contribution in [0.1, 0.15) is 31.9 Å². The summed E-state index contributed by atoms with van der Waals surface area (Å²) in [5.74, 6) is -1.24. The van der Waals surface area contributed by atoms with Gasteiger partial charge < -0.3 is 10.2 Å². The molecule has 0 aliphatic heterocycles. The van der Waals surface area contributed by atoms with Crippen LogP contribution in [-0.4, -0.2) is 43.8 Å². The molecule has 0 radical (unpaired) electrons. The number of halogens is 4. The predicted molar refractivity (Wildman–Crippen MR) is 150 cm³/mol. The zero-order chi connectivity index (χ0) is 29.7. The number of carbonyl (C=O) groups excluding carboxylic acids is 2. The molecule has 0 bridgehead atoms. The van der Waals surface area contributed by atoms with Crippen LogP contribution in [0.3, 0.4) is 0 Å². The molecule has 0 aliphatic carbocycles. The molecule has 3 aromatic rings. The summed E-state index contributed by atoms with van der Waals surface area (Å²) in [6, 6.07) is 16.7. The first-order chi connectivity index (χ1) is 18.7. The number of nitrogens with zero attached hydrogens (tertiary/aromatic N) is 2. The summed E-state index contributed by atoms with van der Waals surface area (Å²) in [6.45, 7) is 4.13. The second-order valence-electron chi connectivity index (χ2n) is 9.36. The van der Waals surface area contributed by atoms with E-state index in [-0.39, 0.29) is 23.2 Å². The molecule has 1 atom stereocenters. The third-order valence-corrected chi connectivity index (χ3v) is 8.19. The third-order valence-electron chi connectivity index (χ3n) is 5.91. The van der Waals surface area contributed by atoms with Crippen LogP contribution in [0.2, 0.25) is 0 Å². The normalized spacial score (nSPS) is 12.6. The Bertz CT molecular complexity index is 1450. The number of rotatable bonds is 10. The Morgan fingerprint density at radius 3 is 2.17 bits per heavy atom. The molecular weight excluding hydrogens is 611 g/mol. The van der Waals surface area contributed by atoms with Gasteiger partial charge in [0.25, 0.3) is 10.0 Å². The minimum atomic E-state index is -4.74. The van der Waals surface area contributed by atoms with Gasteiger partial charge in [-0.15, -0.1) is 0 Å². The highest BCUT2D eigenvalue weighted by molar-refractivity contribution is 9.10. The van der Waals surface area contributed by atoms with E-state index in [1.807, 2.05) is 0 Å². The maximum Gasteiger partial charge on any atom is 0.416 e. The molecule has 7 nitrogen and oxygen atoms in total. The van der Waals surface area contributed by atoms with Gasteiger partial charge in [-0.2, -0.15) is 13.2 Å². The highest BCUT2D eigenvalue weighted by Gasteiger charge is 2.35. The molecule has 40 heavy (non-hydrogen) atoms. The summed E-state index contributed by atoms with van der Waals surface area (Å²) in [7, 11) is -4.48. The molecule has 1 N–H and O–H groups in total. The fourth-order valence-electron chi connectivity index (χ4n) is 3.91. The van der Waals surface area contributed by atoms with Crippen LogP contribution in [0.15, 0.2) is 88.2 Å². The van der Waals surface area contributed by atoms with Crippen LogP contribution in [0, 0.1) is 0 Å². The average molecular weight is 641 g/mol. The van der Waals surface area contributed by atoms with Crippen molar-refractivity contribution in [3.05, 3.63) is 94.5 Å². The summed E-state index contributed by atoms with van der Waals surface area (Å²) in [5.41, 5.74) is -0.751. The lowest BCUT2D eigenvalue weighted by Crippen LogP contribution is -2.52. The molecule has 0 saturated heterocycles. The largest absolute Gasteiger partial charge is 0.416 e. The zero-order valence-electron chi connectivity index (χ0n) is 22.0. The van der Waals surface area contributed by atoms with Crippen molar-refractivity contribution in [2.24, 2.45) is 0 Å². The maximum absolute atomic E-state index is 13.8. The molecule has 3 rings (SSSR count). The number of nitrogens with one attached hydrogen (secondary N) is 1. The van der Waals surface area contributed by atoms with Crippen LogP contribution in [0.25, 0.3) is 0 Å². The van der Waals surface area contributed by atoms with E-state index in [0.717, 1.165) is 16.6 Å². The number of amides is 2. The molecule has 214 valence electrons. The number of benzene rings is 3. The van der Waals surface area contributed by atoms with Crippen molar-refractivity contribution in [3.63, 3.8) is 0 Å². The topological polar surface area (TPSA) is 86.8 Å². The van der Waals surface area contributed by atoms with E-state index in [9.17, 15) is 31.2 Å². The SMILES string of the molecule is CC(C)NC(=O)C(C)N(Cc1cccc(Br)c1)C(=O)CN(c1cccc(C(F)(F)F)c1)S(=O)(=O)c1ccccc1. The second-order valence-corrected chi connectivity index (χ2v) is 12.1. The molecule has 1 unspecified atom stereocenters. The second kappa shape index (κ2) is 12.9. The van der Waals surface area contributed by atoms with E-state index in [0.29, 0.717) is 15.9 Å². The van der Waals surface area contributed by atoms with Gasteiger partial charge >= 0.3 is 6.18 Å². The fraction of sp³-hybridized carbons (Fsp3) is 0.286. The first-order valence-electron chi connectivity index (χ1n) is 12.3. The van der Waals surface area contributed by atoms with Gasteiger partial charge in [0.15, 0.2) is 0 Å². The smallest absolute Gasteiger partial charge is 0.352 e. The lowest BCUT2D eigenvalue weighted by atomic mass is 10.1. The molecular formula is C28H29BrF3N3O4S. The molecule has 0 aliphatic rings. The van der Waals surface area contributed by atoms with Gasteiger partial charge in [0.1, 0.15) is 12.6 Å². The zero-order valence-corrected chi connectivity index (χ0v) is 24.4. The van der Waals surface area contributed by atoms with E-state index in [1.54, 1.807) is 44.2 Å². The summed E-state index contributed by atoms with van der Waals surface area (Å²) in [4.78, 5) is 27.7. The lowest BCUT2D eigenvalue weighted by Gasteiger charge is -2.32. The fourth-order valence-corrected chi connectivity index (χ4v) is 5.78. The van der Waals surface area contributed by atoms with Gasteiger partial charge in [0, 0.05) is 17.1 Å². The standard InChI is InChI=1S/C28H29BrF3N3O4S/c1-19(2)33-27(37)20(3)34(17-21-9-7-11-23(29)15-21)26(36)18-35(40(38,39)25-13-5-4-6-14-25)24-12-8-10-22(16-24)28(30,31)32/h4-16,19-20H,17-18H2,1-3H3,(H,33,37). The van der Waals surface area contributed by atoms with E-state index in [4.69, 9.17) is 0 Å². The number of hydrogen-bond donors (Lipinski definition) is 1. The molecule has 2 amide bonds. The molecule has 12 heteroatoms. The van der Waals surface area contributed by atoms with Crippen molar-refractivity contribution in [1.82, 2.24) is 10.2 Å². The lowest BCUT2D eigenvalue weighted by molar-refractivity contribution is -0.139. The number of hydrogen-bond acceptors (Lipinski definition) is 4. The van der Waals surface area contributed by atoms with Crippen molar-refractivity contribution < 1.29 is 31.2 Å². The van der Waals surface area contributed by atoms with Gasteiger partial charge in [-0.1, -0.05) is 52.3 Å². The van der Waals surface area contributed by atoms with E-state index >= 15 is 0 Å². The van der Waals surface area contributed by atoms with E-state index in [1.165, 1.54) is 42.2 Å². The summed E-state index contributed by atoms with van der Waals surface area (Å²) < 4.78 is 69.3. The molecule has 3 aromatic carbocycles. The number of alkyl halides is 3. The highest BCUT2D eigenvalue weighted by atomic mass is 79.9. The van der Waals surface area contributed by atoms with Crippen LogP contribution < -0.4 is 9.62 Å². The van der Waals surface area contributed by atoms with Crippen molar-refractivity contribution >= 4 is 43.5 Å². The Balaban J connectivity index is 2.08. The maximum atomic E-state index is 13.8. The van der Waals surface area contributed by atoms with Crippen molar-refractivity contribution in [1.29, 1.82) is 0 Å². The van der Waals surface area contributed by atoms with Crippen LogP contribution in [0.5, 0.6) is 0 Å².